The van der Waals surface area contributed by atoms with Crippen molar-refractivity contribution in [1.29, 1.82) is 0 Å². The second-order valence-electron chi connectivity index (χ2n) is 16.2. The van der Waals surface area contributed by atoms with Crippen LogP contribution < -0.4 is 10.6 Å². The number of carbonyl (C=O) groups excluding carboxylic acids is 1. The van der Waals surface area contributed by atoms with Gasteiger partial charge in [-0.15, -0.1) is 0 Å². The zero-order chi connectivity index (χ0) is 32.0. The molecule has 0 saturated heterocycles. The van der Waals surface area contributed by atoms with Gasteiger partial charge in [0.15, 0.2) is 0 Å². The number of aryl methyl sites for hydroxylation is 1. The Balaban J connectivity index is 1.50. The standard InChI is InChI=1S/C39H61N2O2Si/c1-37(2,3)32-23-21-29(22-24-33(38(4,5)6)35(43-44(7)8)30-17-11-9-12-18-30)27-34(32)41-36(42)40-28-39(25-15-16-26-39)31-19-13-10-14-20-31/h10,13-14,19-21,23,27,30,33,35H,9,11-12,15-18,22,24-26,28H2,1-8H3,(H2,40,41,42). The third-order valence-electron chi connectivity index (χ3n) is 10.4. The van der Waals surface area contributed by atoms with Crippen LogP contribution in [0, 0.1) is 17.3 Å². The zero-order valence-electron chi connectivity index (χ0n) is 29.2. The van der Waals surface area contributed by atoms with E-state index in [1.165, 1.54) is 61.6 Å². The predicted octanol–water partition coefficient (Wildman–Crippen LogP) is 10.4. The maximum atomic E-state index is 13.5. The van der Waals surface area contributed by atoms with Crippen LogP contribution in [0.3, 0.4) is 0 Å². The van der Waals surface area contributed by atoms with Crippen LogP contribution in [-0.4, -0.2) is 27.7 Å². The molecule has 2 aliphatic rings. The first-order valence-corrected chi connectivity index (χ1v) is 19.9. The SMILES string of the molecule is C[Si](C)OC(C1CCCCC1)C(CCc1ccc(C(C)(C)C)c(NC(=O)NCC2(c3ccccc3)CCCC2)c1)C(C)(C)C. The molecule has 243 valence electrons. The molecule has 44 heavy (non-hydrogen) atoms. The summed E-state index contributed by atoms with van der Waals surface area (Å²) in [7, 11) is -0.797. The van der Waals surface area contributed by atoms with Crippen LogP contribution in [0.5, 0.6) is 0 Å². The number of urea groups is 1. The lowest BCUT2D eigenvalue weighted by Gasteiger charge is -2.43. The lowest BCUT2D eigenvalue weighted by Crippen LogP contribution is -2.42. The van der Waals surface area contributed by atoms with Gasteiger partial charge in [0.25, 0.3) is 0 Å². The van der Waals surface area contributed by atoms with Gasteiger partial charge in [-0.1, -0.05) is 116 Å². The first-order chi connectivity index (χ1) is 20.8. The van der Waals surface area contributed by atoms with Crippen LogP contribution in [0.25, 0.3) is 0 Å². The molecule has 4 nitrogen and oxygen atoms in total. The van der Waals surface area contributed by atoms with Crippen LogP contribution in [-0.2, 0) is 21.7 Å². The zero-order valence-corrected chi connectivity index (χ0v) is 30.2. The molecule has 2 N–H and O–H groups in total. The molecule has 2 aliphatic carbocycles. The Morgan fingerprint density at radius 1 is 0.932 bits per heavy atom. The van der Waals surface area contributed by atoms with E-state index in [1.54, 1.807) is 0 Å². The summed E-state index contributed by atoms with van der Waals surface area (Å²) < 4.78 is 6.85. The molecule has 0 heterocycles. The Morgan fingerprint density at radius 3 is 2.18 bits per heavy atom. The normalized spacial score (nSPS) is 19.1. The van der Waals surface area contributed by atoms with Crippen molar-refractivity contribution in [1.82, 2.24) is 5.32 Å². The fraction of sp³-hybridized carbons (Fsp3) is 0.667. The molecule has 0 bridgehead atoms. The van der Waals surface area contributed by atoms with Gasteiger partial charge in [0.05, 0.1) is 6.10 Å². The van der Waals surface area contributed by atoms with E-state index in [4.69, 9.17) is 4.43 Å². The minimum absolute atomic E-state index is 0.0320. The van der Waals surface area contributed by atoms with Crippen molar-refractivity contribution in [3.8, 4) is 0 Å². The largest absolute Gasteiger partial charge is 0.414 e. The van der Waals surface area contributed by atoms with Crippen molar-refractivity contribution in [3.63, 3.8) is 0 Å². The highest BCUT2D eigenvalue weighted by molar-refractivity contribution is 6.48. The van der Waals surface area contributed by atoms with Gasteiger partial charge in [-0.25, -0.2) is 4.79 Å². The topological polar surface area (TPSA) is 50.4 Å². The summed E-state index contributed by atoms with van der Waals surface area (Å²) in [6.07, 6.45) is 13.8. The number of nitrogens with one attached hydrogen (secondary N) is 2. The highest BCUT2D eigenvalue weighted by Crippen LogP contribution is 2.42. The van der Waals surface area contributed by atoms with Crippen LogP contribution in [0.1, 0.15) is 122 Å². The Morgan fingerprint density at radius 2 is 1.59 bits per heavy atom. The fourth-order valence-corrected chi connectivity index (χ4v) is 8.89. The van der Waals surface area contributed by atoms with Gasteiger partial charge in [0, 0.05) is 17.6 Å². The number of amides is 2. The molecule has 0 spiro atoms. The van der Waals surface area contributed by atoms with Crippen LogP contribution in [0.4, 0.5) is 10.5 Å². The van der Waals surface area contributed by atoms with Gasteiger partial charge in [-0.3, -0.25) is 0 Å². The molecule has 4 rings (SSSR count). The highest BCUT2D eigenvalue weighted by Gasteiger charge is 2.39. The lowest BCUT2D eigenvalue weighted by molar-refractivity contribution is 0.00125. The third-order valence-corrected chi connectivity index (χ3v) is 11.2. The molecule has 2 fully saturated rings. The lowest BCUT2D eigenvalue weighted by atomic mass is 9.69. The number of hydrogen-bond donors (Lipinski definition) is 2. The molecular weight excluding hydrogens is 557 g/mol. The van der Waals surface area contributed by atoms with Crippen LogP contribution >= 0.6 is 0 Å². The first-order valence-electron chi connectivity index (χ1n) is 17.5. The molecule has 2 amide bonds. The molecule has 2 aromatic carbocycles. The van der Waals surface area contributed by atoms with Gasteiger partial charge in [-0.2, -0.15) is 0 Å². The average molecular weight is 618 g/mol. The van der Waals surface area contributed by atoms with E-state index < -0.39 is 9.04 Å². The summed E-state index contributed by atoms with van der Waals surface area (Å²) in [6, 6.07) is 17.4. The van der Waals surface area contributed by atoms with Crippen LogP contribution in [0.2, 0.25) is 13.1 Å². The minimum atomic E-state index is -0.797. The van der Waals surface area contributed by atoms with E-state index in [9.17, 15) is 4.79 Å². The maximum absolute atomic E-state index is 13.5. The average Bonchev–Trinajstić information content (AvgIpc) is 3.45. The third kappa shape index (κ3) is 9.22. The minimum Gasteiger partial charge on any atom is -0.414 e. The molecule has 1 radical (unpaired) electrons. The smallest absolute Gasteiger partial charge is 0.319 e. The quantitative estimate of drug-likeness (QED) is 0.247. The van der Waals surface area contributed by atoms with Gasteiger partial charge < -0.3 is 15.1 Å². The van der Waals surface area contributed by atoms with E-state index in [1.807, 2.05) is 0 Å². The first kappa shape index (κ1) is 34.8. The molecule has 2 unspecified atom stereocenters. The van der Waals surface area contributed by atoms with Crippen molar-refractivity contribution >= 4 is 20.8 Å². The second kappa shape index (κ2) is 15.0. The second-order valence-corrected chi connectivity index (χ2v) is 18.2. The summed E-state index contributed by atoms with van der Waals surface area (Å²) in [5, 5.41) is 6.58. The number of carbonyl (C=O) groups is 1. The summed E-state index contributed by atoms with van der Waals surface area (Å²) in [5.74, 6) is 1.17. The summed E-state index contributed by atoms with van der Waals surface area (Å²) in [4.78, 5) is 13.5. The molecule has 2 atom stereocenters. The number of rotatable bonds is 11. The van der Waals surface area contributed by atoms with E-state index in [2.05, 4.69) is 114 Å². The molecule has 2 aromatic rings. The van der Waals surface area contributed by atoms with Crippen molar-refractivity contribution in [2.45, 2.75) is 142 Å². The summed E-state index contributed by atoms with van der Waals surface area (Å²) in [5.41, 5.74) is 4.87. The van der Waals surface area contributed by atoms with Crippen molar-refractivity contribution in [2.75, 3.05) is 11.9 Å². The molecule has 2 saturated carbocycles. The number of hydrogen-bond acceptors (Lipinski definition) is 2. The molecular formula is C39H61N2O2Si. The Hall–Kier alpha value is -2.11. The van der Waals surface area contributed by atoms with E-state index in [-0.39, 0.29) is 22.3 Å². The van der Waals surface area contributed by atoms with E-state index in [0.29, 0.717) is 24.5 Å². The van der Waals surface area contributed by atoms with Gasteiger partial charge in [0.2, 0.25) is 9.04 Å². The summed E-state index contributed by atoms with van der Waals surface area (Å²) in [6.45, 7) is 19.1. The number of anilines is 1. The van der Waals surface area contributed by atoms with E-state index >= 15 is 0 Å². The van der Waals surface area contributed by atoms with Crippen LogP contribution in [0.15, 0.2) is 48.5 Å². The Bertz CT molecular complexity index is 1180. The van der Waals surface area contributed by atoms with Gasteiger partial charge >= 0.3 is 6.03 Å². The monoisotopic (exact) mass is 617 g/mol. The Kier molecular flexibility index (Phi) is 11.8. The van der Waals surface area contributed by atoms with Crippen molar-refractivity contribution in [2.24, 2.45) is 17.3 Å². The van der Waals surface area contributed by atoms with Gasteiger partial charge in [0.1, 0.15) is 0 Å². The predicted molar refractivity (Wildman–Crippen MR) is 189 cm³/mol. The number of benzene rings is 2. The summed E-state index contributed by atoms with van der Waals surface area (Å²) >= 11 is 0. The Labute approximate surface area is 271 Å². The highest BCUT2D eigenvalue weighted by atomic mass is 28.3. The van der Waals surface area contributed by atoms with Gasteiger partial charge in [-0.05, 0) is 97.0 Å². The molecule has 0 aromatic heterocycles. The molecule has 5 heteroatoms. The van der Waals surface area contributed by atoms with Crippen molar-refractivity contribution < 1.29 is 9.22 Å². The maximum Gasteiger partial charge on any atom is 0.319 e. The fourth-order valence-electron chi connectivity index (χ4n) is 7.99. The molecule has 0 aliphatic heterocycles. The van der Waals surface area contributed by atoms with E-state index in [0.717, 1.165) is 31.4 Å². The van der Waals surface area contributed by atoms with Crippen molar-refractivity contribution in [3.05, 3.63) is 65.2 Å².